The molecule has 2 N–H and O–H groups in total. The number of hydrogen-bond donors (Lipinski definition) is 2. The quantitative estimate of drug-likeness (QED) is 0.218. The van der Waals surface area contributed by atoms with Crippen LogP contribution in [0, 0.1) is 11.7 Å². The molecule has 1 heterocycles. The molecule has 38 heavy (non-hydrogen) atoms. The summed E-state index contributed by atoms with van der Waals surface area (Å²) in [4.78, 5) is 24.9. The second-order valence-corrected chi connectivity index (χ2v) is 9.46. The van der Waals surface area contributed by atoms with Crippen LogP contribution >= 0.6 is 0 Å². The summed E-state index contributed by atoms with van der Waals surface area (Å²) in [5.74, 6) is -2.12. The van der Waals surface area contributed by atoms with Gasteiger partial charge in [0.05, 0.1) is 13.7 Å². The Kier molecular flexibility index (Phi) is 8.76. The molecule has 1 aliphatic rings. The fraction of sp³-hybridized carbons (Fsp3) is 0.333. The van der Waals surface area contributed by atoms with Crippen LogP contribution in [0.5, 0.6) is 11.5 Å². The predicted molar refractivity (Wildman–Crippen MR) is 140 cm³/mol. The molecule has 0 aliphatic carbocycles. The highest BCUT2D eigenvalue weighted by molar-refractivity contribution is 6.39. The van der Waals surface area contributed by atoms with Crippen LogP contribution in [0.3, 0.4) is 0 Å². The molecular formula is C30H32FNO6. The van der Waals surface area contributed by atoms with Crippen LogP contribution in [0.25, 0.3) is 0 Å². The average Bonchev–Trinajstić information content (AvgIpc) is 2.95. The summed E-state index contributed by atoms with van der Waals surface area (Å²) < 4.78 is 24.7. The van der Waals surface area contributed by atoms with Gasteiger partial charge in [0, 0.05) is 12.1 Å². The molecule has 8 heteroatoms. The minimum Gasteiger partial charge on any atom is -0.493 e. The number of ketones is 1. The van der Waals surface area contributed by atoms with E-state index in [0.29, 0.717) is 23.7 Å². The minimum absolute atomic E-state index is 0.0147. The molecule has 0 radical (unpaired) electrons. The number of aliphatic carboxylic acids is 1. The maximum absolute atomic E-state index is 13.6. The number of methoxy groups -OCH3 is 1. The predicted octanol–water partition coefficient (Wildman–Crippen LogP) is 4.52. The highest BCUT2D eigenvalue weighted by Crippen LogP contribution is 2.42. The summed E-state index contributed by atoms with van der Waals surface area (Å²) in [6.07, 6.45) is 2.33. The monoisotopic (exact) mass is 521 g/mol. The van der Waals surface area contributed by atoms with Gasteiger partial charge in [-0.05, 0) is 79.7 Å². The fourth-order valence-corrected chi connectivity index (χ4v) is 5.13. The number of nitrogens with zero attached hydrogens (tertiary/aromatic N) is 1. The zero-order valence-corrected chi connectivity index (χ0v) is 21.3. The number of ether oxygens (including phenoxy) is 2. The van der Waals surface area contributed by atoms with E-state index in [1.807, 2.05) is 30.3 Å². The van der Waals surface area contributed by atoms with E-state index < -0.39 is 17.4 Å². The Bertz CT molecular complexity index is 1240. The lowest BCUT2D eigenvalue weighted by molar-refractivity contribution is -0.131. The van der Waals surface area contributed by atoms with Crippen molar-refractivity contribution < 1.29 is 33.7 Å². The number of likely N-dealkylation sites (tertiary alicyclic amines) is 1. The number of rotatable bonds is 11. The summed E-state index contributed by atoms with van der Waals surface area (Å²) in [7, 11) is 1.43. The van der Waals surface area contributed by atoms with Gasteiger partial charge in [-0.25, -0.2) is 9.18 Å². The summed E-state index contributed by atoms with van der Waals surface area (Å²) in [6.45, 7) is 2.86. The van der Waals surface area contributed by atoms with Gasteiger partial charge in [0.1, 0.15) is 11.4 Å². The molecule has 4 rings (SSSR count). The van der Waals surface area contributed by atoms with E-state index in [1.54, 1.807) is 18.2 Å². The smallest absolute Gasteiger partial charge is 0.377 e. The van der Waals surface area contributed by atoms with Crippen molar-refractivity contribution in [3.05, 3.63) is 95.3 Å². The molecule has 0 amide bonds. The van der Waals surface area contributed by atoms with Crippen molar-refractivity contribution in [1.82, 2.24) is 4.90 Å². The number of halogens is 1. The third-order valence-corrected chi connectivity index (χ3v) is 7.17. The summed E-state index contributed by atoms with van der Waals surface area (Å²) in [6, 6.07) is 20.0. The standard InChI is InChI=1S/C30H32FNO6/c1-37-27-20-21(28(33)29(34)35)8-13-26(27)38-19-5-16-32-17-14-24(15-18-32)30(36,22-6-3-2-4-7-22)23-9-11-25(31)12-10-23/h2-4,6-13,20,24,36H,5,14-19H2,1H3,(H,34,35). The van der Waals surface area contributed by atoms with Crippen molar-refractivity contribution in [1.29, 1.82) is 0 Å². The van der Waals surface area contributed by atoms with Crippen molar-refractivity contribution in [3.8, 4) is 11.5 Å². The van der Waals surface area contributed by atoms with Crippen LogP contribution < -0.4 is 9.47 Å². The van der Waals surface area contributed by atoms with Gasteiger partial charge in [0.2, 0.25) is 0 Å². The van der Waals surface area contributed by atoms with Gasteiger partial charge in [-0.3, -0.25) is 4.79 Å². The average molecular weight is 522 g/mol. The number of benzene rings is 3. The molecule has 1 unspecified atom stereocenters. The van der Waals surface area contributed by atoms with Gasteiger partial charge in [0.25, 0.3) is 5.78 Å². The Hall–Kier alpha value is -3.75. The summed E-state index contributed by atoms with van der Waals surface area (Å²) >= 11 is 0. The van der Waals surface area contributed by atoms with Gasteiger partial charge in [-0.2, -0.15) is 0 Å². The Morgan fingerprint density at radius 1 is 0.974 bits per heavy atom. The van der Waals surface area contributed by atoms with Crippen LogP contribution in [-0.4, -0.2) is 60.2 Å². The zero-order chi connectivity index (χ0) is 27.1. The highest BCUT2D eigenvalue weighted by Gasteiger charge is 2.41. The van der Waals surface area contributed by atoms with E-state index >= 15 is 0 Å². The molecule has 0 spiro atoms. The third kappa shape index (κ3) is 6.03. The zero-order valence-electron chi connectivity index (χ0n) is 21.3. The van der Waals surface area contributed by atoms with Crippen molar-refractivity contribution in [3.63, 3.8) is 0 Å². The third-order valence-electron chi connectivity index (χ3n) is 7.17. The molecule has 0 bridgehead atoms. The number of carbonyl (C=O) groups is 2. The molecule has 1 aliphatic heterocycles. The molecule has 200 valence electrons. The molecule has 1 atom stereocenters. The van der Waals surface area contributed by atoms with Crippen LogP contribution in [0.1, 0.15) is 40.7 Å². The first-order valence-electron chi connectivity index (χ1n) is 12.7. The number of carbonyl (C=O) groups excluding carboxylic acids is 1. The fourth-order valence-electron chi connectivity index (χ4n) is 5.13. The Morgan fingerprint density at radius 3 is 2.26 bits per heavy atom. The van der Waals surface area contributed by atoms with Crippen molar-refractivity contribution in [2.24, 2.45) is 5.92 Å². The second kappa shape index (κ2) is 12.2. The molecule has 3 aromatic carbocycles. The molecular weight excluding hydrogens is 489 g/mol. The van der Waals surface area contributed by atoms with Crippen LogP contribution in [-0.2, 0) is 10.4 Å². The largest absolute Gasteiger partial charge is 0.493 e. The molecule has 7 nitrogen and oxygen atoms in total. The topological polar surface area (TPSA) is 96.3 Å². The lowest BCUT2D eigenvalue weighted by Crippen LogP contribution is -2.44. The number of aliphatic hydroxyl groups is 1. The molecule has 1 fully saturated rings. The Labute approximate surface area is 221 Å². The Morgan fingerprint density at radius 2 is 1.63 bits per heavy atom. The first-order chi connectivity index (χ1) is 18.3. The first-order valence-corrected chi connectivity index (χ1v) is 12.7. The number of carboxylic acid groups (broad SMARTS) is 1. The molecule has 3 aromatic rings. The van der Waals surface area contributed by atoms with E-state index in [-0.39, 0.29) is 17.3 Å². The minimum atomic E-state index is -1.52. The van der Waals surface area contributed by atoms with Gasteiger partial charge >= 0.3 is 5.97 Å². The van der Waals surface area contributed by atoms with Crippen molar-refractivity contribution >= 4 is 11.8 Å². The lowest BCUT2D eigenvalue weighted by atomic mass is 9.72. The van der Waals surface area contributed by atoms with E-state index in [2.05, 4.69) is 4.90 Å². The molecule has 1 saturated heterocycles. The highest BCUT2D eigenvalue weighted by atomic mass is 19.1. The summed E-state index contributed by atoms with van der Waals surface area (Å²) in [5.41, 5.74) is 0.334. The number of piperidine rings is 1. The van der Waals surface area contributed by atoms with Crippen LogP contribution in [0.4, 0.5) is 4.39 Å². The number of carboxylic acids is 1. The lowest BCUT2D eigenvalue weighted by Gasteiger charge is -2.42. The number of Topliss-reactive ketones (excluding diaryl/α,β-unsaturated/α-hetero) is 1. The first kappa shape index (κ1) is 27.3. The van der Waals surface area contributed by atoms with Crippen molar-refractivity contribution in [2.45, 2.75) is 24.9 Å². The van der Waals surface area contributed by atoms with E-state index in [1.165, 1.54) is 31.4 Å². The van der Waals surface area contributed by atoms with Crippen molar-refractivity contribution in [2.75, 3.05) is 33.4 Å². The van der Waals surface area contributed by atoms with Gasteiger partial charge in [-0.15, -0.1) is 0 Å². The Balaban J connectivity index is 1.33. The SMILES string of the molecule is COc1cc(C(=O)C(=O)O)ccc1OCCCN1CCC(C(O)(c2ccccc2)c2ccc(F)cc2)CC1. The maximum atomic E-state index is 13.6. The van der Waals surface area contributed by atoms with Gasteiger partial charge in [0.15, 0.2) is 11.5 Å². The van der Waals surface area contributed by atoms with Crippen LogP contribution in [0.2, 0.25) is 0 Å². The molecule has 0 aromatic heterocycles. The maximum Gasteiger partial charge on any atom is 0.377 e. The van der Waals surface area contributed by atoms with E-state index in [0.717, 1.165) is 44.5 Å². The summed E-state index contributed by atoms with van der Waals surface area (Å²) in [5, 5.41) is 20.9. The van der Waals surface area contributed by atoms with Gasteiger partial charge in [-0.1, -0.05) is 42.5 Å². The number of hydrogen-bond acceptors (Lipinski definition) is 6. The normalized spacial score (nSPS) is 16.0. The second-order valence-electron chi connectivity index (χ2n) is 9.46. The van der Waals surface area contributed by atoms with E-state index in [4.69, 9.17) is 14.6 Å². The molecule has 0 saturated carbocycles. The van der Waals surface area contributed by atoms with Gasteiger partial charge < -0.3 is 24.6 Å². The van der Waals surface area contributed by atoms with Crippen LogP contribution in [0.15, 0.2) is 72.8 Å². The van der Waals surface area contributed by atoms with E-state index in [9.17, 15) is 19.1 Å².